The number of benzene rings is 18. The van der Waals surface area contributed by atoms with E-state index >= 15 is 0 Å². The summed E-state index contributed by atoms with van der Waals surface area (Å²) < 4.78 is 152. The summed E-state index contributed by atoms with van der Waals surface area (Å²) >= 11 is 0. The summed E-state index contributed by atoms with van der Waals surface area (Å²) in [6.07, 6.45) is 0. The number of rotatable bonds is 7. The van der Waals surface area contributed by atoms with Gasteiger partial charge in [0.25, 0.3) is 0 Å². The predicted molar refractivity (Wildman–Crippen MR) is 398 cm³/mol. The molecule has 0 bridgehead atoms. The second-order valence-corrected chi connectivity index (χ2v) is 23.3. The molecule has 19 aromatic rings. The molecule has 0 saturated carbocycles. The molecule has 0 aliphatic heterocycles. The zero-order valence-electron chi connectivity index (χ0n) is 65.7. The second kappa shape index (κ2) is 22.4. The lowest BCUT2D eigenvalue weighted by molar-refractivity contribution is 0.669. The lowest BCUT2D eigenvalue weighted by Crippen LogP contribution is -1.92. The van der Waals surface area contributed by atoms with Crippen molar-refractivity contribution in [3.63, 3.8) is 0 Å². The standard InChI is InChI=1S/C46H28O.C46H30/c1-2-12-29(13-3-1)30-22-24-32(25-23-30)43-36-18-8-10-20-38(36)44(39-21-11-9-19-37(39)43)40-28-42-46(35-17-7-6-16-34(35)40)45-33-15-5-4-14-31(33)26-27-41(45)47-42;1-2-12-31(13-3-1)32-22-24-33(25-23-32)34-26-28-35(29-27-34)45-40-18-8-10-20-42(40)46(43-21-11-9-19-41(43)45)44-30-36-14-4-5-15-37(36)38-16-6-7-17-39(38)44/h1-28H;1-30H/i2*8D,9D,10D,11D,18D,19D,20D,21D. The van der Waals surface area contributed by atoms with E-state index in [4.69, 9.17) is 15.4 Å². The topological polar surface area (TPSA) is 13.1 Å². The van der Waals surface area contributed by atoms with E-state index in [2.05, 4.69) is 48.5 Å². The van der Waals surface area contributed by atoms with Gasteiger partial charge in [-0.15, -0.1) is 0 Å². The SMILES string of the molecule is [2H]c1c([2H])c([2H])c2c(-c3cc4ccccc4c4ccccc34)c3c([2H])c([2H])c([2H])c([2H])c3c(-c3ccc(-c4ccc(-c5ccccc5)cc4)cc3)c2c1[2H].[2H]c1c([2H])c([2H])c2c(-c3cc4oc5ccc6ccccc6c5c4c4ccccc34)c3c([2H])c([2H])c([2H])c([2H])c3c(-c3ccc(-c4ccccc4)cc3)c2c1[2H]. The summed E-state index contributed by atoms with van der Waals surface area (Å²) in [6.45, 7) is 0. The molecule has 93 heavy (non-hydrogen) atoms. The van der Waals surface area contributed by atoms with Crippen LogP contribution < -0.4 is 0 Å². The van der Waals surface area contributed by atoms with Gasteiger partial charge < -0.3 is 4.42 Å². The second-order valence-electron chi connectivity index (χ2n) is 23.3. The van der Waals surface area contributed by atoms with Crippen molar-refractivity contribution in [2.45, 2.75) is 0 Å². The quantitative estimate of drug-likeness (QED) is 0.114. The molecule has 0 atom stereocenters. The Morgan fingerprint density at radius 3 is 0.957 bits per heavy atom. The zero-order chi connectivity index (χ0) is 75.3. The summed E-state index contributed by atoms with van der Waals surface area (Å²) in [5.41, 5.74) is 10.8. The highest BCUT2D eigenvalue weighted by Crippen LogP contribution is 2.50. The van der Waals surface area contributed by atoms with Crippen molar-refractivity contribution < 1.29 is 26.3 Å². The highest BCUT2D eigenvalue weighted by molar-refractivity contribution is 6.31. The largest absolute Gasteiger partial charge is 0.456 e. The average Bonchev–Trinajstić information content (AvgIpc) is 1.02. The maximum absolute atomic E-state index is 9.46. The molecule has 0 N–H and O–H groups in total. The fraction of sp³-hybridized carbons (Fsp3) is 0. The Kier molecular flexibility index (Phi) is 9.58. The lowest BCUT2D eigenvalue weighted by Gasteiger charge is -2.19. The summed E-state index contributed by atoms with van der Waals surface area (Å²) in [6, 6.07) is 77.0. The van der Waals surface area contributed by atoms with Gasteiger partial charge in [-0.1, -0.05) is 333 Å². The first-order valence-corrected chi connectivity index (χ1v) is 30.8. The summed E-state index contributed by atoms with van der Waals surface area (Å²) in [5, 5.41) is 10.6. The van der Waals surface area contributed by atoms with Gasteiger partial charge in [0.1, 0.15) is 11.2 Å². The number of hydrogen-bond donors (Lipinski definition) is 0. The molecule has 1 aromatic heterocycles. The third kappa shape index (κ3) is 9.08. The van der Waals surface area contributed by atoms with Crippen LogP contribution in [0.3, 0.4) is 0 Å². The van der Waals surface area contributed by atoms with E-state index in [0.717, 1.165) is 87.2 Å². The minimum Gasteiger partial charge on any atom is -0.456 e. The van der Waals surface area contributed by atoms with Gasteiger partial charge in [0, 0.05) is 10.8 Å². The Balaban J connectivity index is 0.000000153. The van der Waals surface area contributed by atoms with Crippen molar-refractivity contribution in [2.24, 2.45) is 0 Å². The van der Waals surface area contributed by atoms with E-state index in [9.17, 15) is 11.0 Å². The van der Waals surface area contributed by atoms with Crippen molar-refractivity contribution in [1.29, 1.82) is 0 Å². The molecule has 18 aromatic carbocycles. The Labute approximate surface area is 561 Å². The molecule has 0 spiro atoms. The molecule has 0 saturated heterocycles. The van der Waals surface area contributed by atoms with Crippen LogP contribution in [0.15, 0.2) is 356 Å². The van der Waals surface area contributed by atoms with Gasteiger partial charge >= 0.3 is 0 Å². The highest BCUT2D eigenvalue weighted by Gasteiger charge is 2.23. The van der Waals surface area contributed by atoms with Crippen LogP contribution in [0.25, 0.3) is 186 Å². The summed E-state index contributed by atoms with van der Waals surface area (Å²) in [7, 11) is 0. The van der Waals surface area contributed by atoms with Crippen LogP contribution in [0.2, 0.25) is 0 Å². The highest BCUT2D eigenvalue weighted by atomic mass is 16.3. The lowest BCUT2D eigenvalue weighted by atomic mass is 9.83. The molecule has 0 aliphatic carbocycles. The van der Waals surface area contributed by atoms with Crippen LogP contribution in [-0.4, -0.2) is 0 Å². The third-order valence-electron chi connectivity index (χ3n) is 18.2. The number of fused-ring (bicyclic) bond motifs is 14. The van der Waals surface area contributed by atoms with Crippen molar-refractivity contribution >= 4 is 108 Å². The monoisotopic (exact) mass is 1190 g/mol. The van der Waals surface area contributed by atoms with Crippen LogP contribution in [-0.2, 0) is 0 Å². The summed E-state index contributed by atoms with van der Waals surface area (Å²) in [5.74, 6) is 0. The molecule has 1 heteroatoms. The van der Waals surface area contributed by atoms with Crippen LogP contribution in [0.4, 0.5) is 0 Å². The first kappa shape index (κ1) is 39.8. The fourth-order valence-corrected chi connectivity index (χ4v) is 14.0. The molecule has 19 rings (SSSR count). The van der Waals surface area contributed by atoms with Crippen molar-refractivity contribution in [3.8, 4) is 77.9 Å². The molecule has 0 radical (unpaired) electrons. The fourth-order valence-electron chi connectivity index (χ4n) is 14.0. The molecule has 432 valence electrons. The van der Waals surface area contributed by atoms with E-state index in [0.29, 0.717) is 50.1 Å². The minimum absolute atomic E-state index is 0.164. The smallest absolute Gasteiger partial charge is 0.136 e. The van der Waals surface area contributed by atoms with Crippen LogP contribution in [0.1, 0.15) is 21.9 Å². The van der Waals surface area contributed by atoms with E-state index < -0.39 is 48.3 Å². The van der Waals surface area contributed by atoms with Gasteiger partial charge in [-0.05, 0) is 182 Å². The molecule has 0 amide bonds. The Hall–Kier alpha value is -12.2. The number of furan rings is 1. The van der Waals surface area contributed by atoms with Gasteiger partial charge in [0.15, 0.2) is 0 Å². The van der Waals surface area contributed by atoms with Crippen LogP contribution >= 0.6 is 0 Å². The molecular weight excluding hydrogens is 1120 g/mol. The van der Waals surface area contributed by atoms with E-state index in [-0.39, 0.29) is 97.0 Å². The van der Waals surface area contributed by atoms with E-state index in [1.54, 1.807) is 0 Å². The minimum atomic E-state index is -0.440. The summed E-state index contributed by atoms with van der Waals surface area (Å²) in [4.78, 5) is 0. The number of hydrogen-bond acceptors (Lipinski definition) is 1. The zero-order valence-corrected chi connectivity index (χ0v) is 49.7. The Morgan fingerprint density at radius 2 is 0.505 bits per heavy atom. The van der Waals surface area contributed by atoms with Gasteiger partial charge in [-0.2, -0.15) is 0 Å². The first-order chi connectivity index (χ1) is 52.8. The van der Waals surface area contributed by atoms with Gasteiger partial charge in [-0.25, -0.2) is 0 Å². The van der Waals surface area contributed by atoms with E-state index in [1.807, 2.05) is 206 Å². The van der Waals surface area contributed by atoms with Crippen molar-refractivity contribution in [1.82, 2.24) is 0 Å². The first-order valence-electron chi connectivity index (χ1n) is 38.8. The maximum atomic E-state index is 9.46. The Morgan fingerprint density at radius 1 is 0.194 bits per heavy atom. The average molecular weight is 1200 g/mol. The van der Waals surface area contributed by atoms with Crippen molar-refractivity contribution in [2.75, 3.05) is 0 Å². The van der Waals surface area contributed by atoms with Gasteiger partial charge in [0.05, 0.1) is 21.9 Å². The normalized spacial score (nSPS) is 14.1. The molecule has 0 aliphatic rings. The molecular formula is C92H58O. The molecule has 1 heterocycles. The van der Waals surface area contributed by atoms with Gasteiger partial charge in [-0.3, -0.25) is 0 Å². The maximum Gasteiger partial charge on any atom is 0.136 e. The van der Waals surface area contributed by atoms with Crippen LogP contribution in [0, 0.1) is 0 Å². The Bertz CT molecular complexity index is 6960. The van der Waals surface area contributed by atoms with Crippen LogP contribution in [0.5, 0.6) is 0 Å². The van der Waals surface area contributed by atoms with Gasteiger partial charge in [0.2, 0.25) is 0 Å². The third-order valence-corrected chi connectivity index (χ3v) is 18.2. The molecule has 0 unspecified atom stereocenters. The molecule has 0 fully saturated rings. The predicted octanol–water partition coefficient (Wildman–Crippen LogP) is 26.2. The van der Waals surface area contributed by atoms with Crippen molar-refractivity contribution in [3.05, 3.63) is 351 Å². The molecule has 1 nitrogen and oxygen atoms in total. The van der Waals surface area contributed by atoms with E-state index in [1.165, 1.54) is 0 Å².